The van der Waals surface area contributed by atoms with E-state index in [4.69, 9.17) is 0 Å². The highest BCUT2D eigenvalue weighted by atomic mass is 16.1. The highest BCUT2D eigenvalue weighted by Gasteiger charge is 2.08. The zero-order valence-corrected chi connectivity index (χ0v) is 8.36. The van der Waals surface area contributed by atoms with Gasteiger partial charge in [0.2, 0.25) is 6.08 Å². The third-order valence-electron chi connectivity index (χ3n) is 2.13. The second-order valence-electron chi connectivity index (χ2n) is 3.20. The predicted molar refractivity (Wildman–Crippen MR) is 55.7 cm³/mol. The van der Waals surface area contributed by atoms with Gasteiger partial charge in [-0.3, -0.25) is 0 Å². The van der Waals surface area contributed by atoms with Crippen LogP contribution in [0.2, 0.25) is 0 Å². The Morgan fingerprint density at radius 3 is 3.00 bits per heavy atom. The average Bonchev–Trinajstić information content (AvgIpc) is 2.25. The second kappa shape index (κ2) is 6.11. The third-order valence-corrected chi connectivity index (χ3v) is 2.13. The molecular formula is C12H14NO. The second-order valence-corrected chi connectivity index (χ2v) is 3.20. The van der Waals surface area contributed by atoms with Crippen LogP contribution in [0.1, 0.15) is 37.8 Å². The van der Waals surface area contributed by atoms with E-state index in [9.17, 15) is 4.79 Å². The Labute approximate surface area is 84.7 Å². The summed E-state index contributed by atoms with van der Waals surface area (Å²) in [6, 6.07) is 10.7. The molecule has 0 spiro atoms. The van der Waals surface area contributed by atoms with E-state index in [2.05, 4.69) is 18.0 Å². The van der Waals surface area contributed by atoms with Crippen molar-refractivity contribution in [2.45, 2.75) is 32.2 Å². The lowest BCUT2D eigenvalue weighted by atomic mass is 10.0. The molecule has 1 unspecified atom stereocenters. The topological polar surface area (TPSA) is 29.4 Å². The number of carbonyl (C=O) groups excluding carboxylic acids is 1. The minimum absolute atomic E-state index is 0.0614. The fraction of sp³-hybridized carbons (Fsp3) is 0.417. The SMILES string of the molecule is CCCCC(N=C=O)c1[c]cccc1. The van der Waals surface area contributed by atoms with Crippen LogP contribution < -0.4 is 0 Å². The highest BCUT2D eigenvalue weighted by molar-refractivity contribution is 5.35. The first-order chi connectivity index (χ1) is 6.88. The summed E-state index contributed by atoms with van der Waals surface area (Å²) in [5, 5.41) is 0. The third kappa shape index (κ3) is 3.15. The number of benzene rings is 1. The Balaban J connectivity index is 2.72. The number of aliphatic imine (C=N–C) groups is 1. The Bertz CT molecular complexity index is 301. The summed E-state index contributed by atoms with van der Waals surface area (Å²) < 4.78 is 0. The molecule has 1 atom stereocenters. The summed E-state index contributed by atoms with van der Waals surface area (Å²) in [7, 11) is 0. The van der Waals surface area contributed by atoms with Gasteiger partial charge < -0.3 is 0 Å². The molecule has 0 saturated heterocycles. The van der Waals surface area contributed by atoms with Crippen molar-refractivity contribution in [3.63, 3.8) is 0 Å². The Morgan fingerprint density at radius 2 is 2.43 bits per heavy atom. The zero-order valence-electron chi connectivity index (χ0n) is 8.36. The fourth-order valence-corrected chi connectivity index (χ4v) is 1.37. The van der Waals surface area contributed by atoms with Crippen molar-refractivity contribution >= 4 is 6.08 Å². The molecule has 0 aromatic heterocycles. The lowest BCUT2D eigenvalue weighted by Crippen LogP contribution is -1.95. The quantitative estimate of drug-likeness (QED) is 0.515. The molecular weight excluding hydrogens is 174 g/mol. The maximum atomic E-state index is 10.2. The van der Waals surface area contributed by atoms with Crippen LogP contribution in [-0.4, -0.2) is 6.08 Å². The van der Waals surface area contributed by atoms with E-state index in [1.807, 2.05) is 24.3 Å². The molecule has 1 aromatic carbocycles. The van der Waals surface area contributed by atoms with Crippen LogP contribution >= 0.6 is 0 Å². The molecule has 0 saturated carbocycles. The largest absolute Gasteiger partial charge is 0.235 e. The first-order valence-corrected chi connectivity index (χ1v) is 4.92. The van der Waals surface area contributed by atoms with Crippen molar-refractivity contribution in [1.29, 1.82) is 0 Å². The van der Waals surface area contributed by atoms with Crippen LogP contribution in [0.3, 0.4) is 0 Å². The fourth-order valence-electron chi connectivity index (χ4n) is 1.37. The average molecular weight is 188 g/mol. The zero-order chi connectivity index (χ0) is 10.2. The molecule has 0 aliphatic rings. The number of hydrogen-bond acceptors (Lipinski definition) is 2. The van der Waals surface area contributed by atoms with E-state index in [1.54, 1.807) is 6.08 Å². The van der Waals surface area contributed by atoms with Crippen LogP contribution in [0.25, 0.3) is 0 Å². The summed E-state index contributed by atoms with van der Waals surface area (Å²) >= 11 is 0. The first kappa shape index (κ1) is 10.7. The van der Waals surface area contributed by atoms with Gasteiger partial charge in [-0.15, -0.1) is 0 Å². The Hall–Kier alpha value is -1.40. The van der Waals surface area contributed by atoms with E-state index in [0.717, 1.165) is 24.8 Å². The van der Waals surface area contributed by atoms with Gasteiger partial charge >= 0.3 is 0 Å². The molecule has 0 amide bonds. The summed E-state index contributed by atoms with van der Waals surface area (Å²) in [6.07, 6.45) is 4.70. The van der Waals surface area contributed by atoms with Crippen LogP contribution in [0.4, 0.5) is 0 Å². The van der Waals surface area contributed by atoms with Gasteiger partial charge in [-0.05, 0) is 18.1 Å². The Morgan fingerprint density at radius 1 is 1.57 bits per heavy atom. The summed E-state index contributed by atoms with van der Waals surface area (Å²) in [5.41, 5.74) is 0.976. The minimum Gasteiger partial charge on any atom is -0.211 e. The smallest absolute Gasteiger partial charge is 0.211 e. The van der Waals surface area contributed by atoms with Gasteiger partial charge in [0.05, 0.1) is 6.04 Å². The molecule has 2 nitrogen and oxygen atoms in total. The number of hydrogen-bond donors (Lipinski definition) is 0. The van der Waals surface area contributed by atoms with Crippen LogP contribution in [0, 0.1) is 6.07 Å². The maximum Gasteiger partial charge on any atom is 0.235 e. The number of isocyanates is 1. The lowest BCUT2D eigenvalue weighted by molar-refractivity contribution is 0.547. The molecule has 0 bridgehead atoms. The molecule has 1 aromatic rings. The van der Waals surface area contributed by atoms with Crippen LogP contribution in [0.15, 0.2) is 29.3 Å². The van der Waals surface area contributed by atoms with Crippen molar-refractivity contribution in [2.24, 2.45) is 4.99 Å². The molecule has 0 N–H and O–H groups in total. The lowest BCUT2D eigenvalue weighted by Gasteiger charge is -2.09. The summed E-state index contributed by atoms with van der Waals surface area (Å²) in [5.74, 6) is 0. The van der Waals surface area contributed by atoms with Gasteiger partial charge in [-0.25, -0.2) is 4.79 Å². The summed E-state index contributed by atoms with van der Waals surface area (Å²) in [4.78, 5) is 14.0. The van der Waals surface area contributed by atoms with Gasteiger partial charge in [0.1, 0.15) is 0 Å². The van der Waals surface area contributed by atoms with E-state index in [-0.39, 0.29) is 6.04 Å². The van der Waals surface area contributed by atoms with Crippen LogP contribution in [0.5, 0.6) is 0 Å². The van der Waals surface area contributed by atoms with Crippen LogP contribution in [-0.2, 0) is 4.79 Å². The Kier molecular flexibility index (Phi) is 4.66. The van der Waals surface area contributed by atoms with Crippen molar-refractivity contribution in [3.05, 3.63) is 35.9 Å². The monoisotopic (exact) mass is 188 g/mol. The molecule has 1 rings (SSSR count). The summed E-state index contributed by atoms with van der Waals surface area (Å²) in [6.45, 7) is 2.12. The molecule has 2 heteroatoms. The van der Waals surface area contributed by atoms with Crippen molar-refractivity contribution in [1.82, 2.24) is 0 Å². The van der Waals surface area contributed by atoms with Gasteiger partial charge in [0.25, 0.3) is 0 Å². The van der Waals surface area contributed by atoms with Gasteiger partial charge in [-0.2, -0.15) is 4.99 Å². The van der Waals surface area contributed by atoms with Crippen molar-refractivity contribution in [2.75, 3.05) is 0 Å². The molecule has 73 valence electrons. The van der Waals surface area contributed by atoms with Gasteiger partial charge in [0.15, 0.2) is 0 Å². The maximum absolute atomic E-state index is 10.2. The van der Waals surface area contributed by atoms with Crippen molar-refractivity contribution in [3.8, 4) is 0 Å². The molecule has 0 aliphatic heterocycles. The molecule has 1 radical (unpaired) electrons. The van der Waals surface area contributed by atoms with Gasteiger partial charge in [0, 0.05) is 0 Å². The van der Waals surface area contributed by atoms with E-state index in [1.165, 1.54) is 0 Å². The van der Waals surface area contributed by atoms with Gasteiger partial charge in [-0.1, -0.05) is 44.0 Å². The highest BCUT2D eigenvalue weighted by Crippen LogP contribution is 2.22. The normalized spacial score (nSPS) is 11.8. The molecule has 14 heavy (non-hydrogen) atoms. The van der Waals surface area contributed by atoms with E-state index in [0.29, 0.717) is 0 Å². The number of unbranched alkanes of at least 4 members (excludes halogenated alkanes) is 1. The van der Waals surface area contributed by atoms with E-state index >= 15 is 0 Å². The van der Waals surface area contributed by atoms with Crippen molar-refractivity contribution < 1.29 is 4.79 Å². The first-order valence-electron chi connectivity index (χ1n) is 4.92. The molecule has 0 aliphatic carbocycles. The number of rotatable bonds is 5. The minimum atomic E-state index is -0.0614. The predicted octanol–water partition coefficient (Wildman–Crippen LogP) is 3.05. The standard InChI is InChI=1S/C12H14NO/c1-2-3-9-12(13-10-14)11-7-5-4-6-8-11/h4-7,12H,2-3,9H2,1H3. The van der Waals surface area contributed by atoms with E-state index < -0.39 is 0 Å². The molecule has 0 heterocycles. The number of nitrogens with zero attached hydrogens (tertiary/aromatic N) is 1. The molecule has 0 fully saturated rings.